The van der Waals surface area contributed by atoms with E-state index in [2.05, 4.69) is 25.3 Å². The van der Waals surface area contributed by atoms with Gasteiger partial charge >= 0.3 is 11.7 Å². The highest BCUT2D eigenvalue weighted by Gasteiger charge is 2.28. The van der Waals surface area contributed by atoms with E-state index in [0.717, 1.165) is 17.4 Å². The topological polar surface area (TPSA) is 206 Å². The molecule has 310 valence electrons. The van der Waals surface area contributed by atoms with Gasteiger partial charge in [-0.2, -0.15) is 0 Å². The number of nitrogens with one attached hydrogen (secondary N) is 2. The van der Waals surface area contributed by atoms with Crippen molar-refractivity contribution in [3.63, 3.8) is 0 Å². The molecular weight excluding hydrogens is 803 g/mol. The van der Waals surface area contributed by atoms with Gasteiger partial charge < -0.3 is 14.8 Å². The summed E-state index contributed by atoms with van der Waals surface area (Å²) in [6.45, 7) is 4.45. The second kappa shape index (κ2) is 17.2. The number of halogens is 2. The van der Waals surface area contributed by atoms with Gasteiger partial charge in [-0.3, -0.25) is 23.9 Å². The number of fused-ring (bicyclic) bond motifs is 1. The molecule has 1 amide bonds. The van der Waals surface area contributed by atoms with Crippen LogP contribution in [0.4, 0.5) is 14.5 Å². The number of hydrogen-bond acceptors (Lipinski definition) is 12. The average molecular weight is 841 g/mol. The van der Waals surface area contributed by atoms with Crippen LogP contribution in [0, 0.1) is 11.6 Å². The van der Waals surface area contributed by atoms with Crippen LogP contribution in [-0.2, 0) is 37.8 Å². The highest BCUT2D eigenvalue weighted by Crippen LogP contribution is 2.27. The normalized spacial score (nSPS) is 13.9. The quantitative estimate of drug-likeness (QED) is 0.166. The lowest BCUT2D eigenvalue weighted by Gasteiger charge is -2.20. The van der Waals surface area contributed by atoms with Gasteiger partial charge in [-0.1, -0.05) is 18.2 Å². The van der Waals surface area contributed by atoms with Crippen LogP contribution in [0.25, 0.3) is 27.8 Å². The first-order valence-electron chi connectivity index (χ1n) is 18.7. The lowest BCUT2D eigenvalue weighted by molar-refractivity contribution is -0.149. The Balaban J connectivity index is 1.05. The Labute approximate surface area is 341 Å². The van der Waals surface area contributed by atoms with E-state index < -0.39 is 68.2 Å². The van der Waals surface area contributed by atoms with Crippen LogP contribution in [0.2, 0.25) is 0 Å². The second-order valence-corrected chi connectivity index (χ2v) is 16.0. The lowest BCUT2D eigenvalue weighted by Crippen LogP contribution is -2.44. The molecule has 4 aromatic heterocycles. The van der Waals surface area contributed by atoms with Crippen molar-refractivity contribution in [1.82, 2.24) is 34.4 Å². The Hall–Kier alpha value is -6.73. The number of aromatic nitrogens is 6. The maximum Gasteiger partial charge on any atom is 0.337 e. The predicted octanol–water partition coefficient (Wildman–Crippen LogP) is 4.20. The molecule has 0 unspecified atom stereocenters. The van der Waals surface area contributed by atoms with Crippen LogP contribution in [0.5, 0.6) is 0 Å². The van der Waals surface area contributed by atoms with E-state index in [9.17, 15) is 27.6 Å². The fourth-order valence-electron chi connectivity index (χ4n) is 6.63. The summed E-state index contributed by atoms with van der Waals surface area (Å²) in [6.07, 6.45) is 8.21. The number of hydrogen-bond donors (Lipinski definition) is 2. The number of rotatable bonds is 12. The summed E-state index contributed by atoms with van der Waals surface area (Å²) in [4.78, 5) is 69.7. The number of ether oxygens (including phenoxy) is 2. The second-order valence-electron chi connectivity index (χ2n) is 14.3. The van der Waals surface area contributed by atoms with Crippen molar-refractivity contribution >= 4 is 38.5 Å². The molecule has 60 heavy (non-hydrogen) atoms. The first-order chi connectivity index (χ1) is 28.7. The van der Waals surface area contributed by atoms with E-state index in [4.69, 9.17) is 9.47 Å². The number of carbonyl (C=O) groups excluding carboxylic acids is 2. The molecule has 1 aliphatic heterocycles. The van der Waals surface area contributed by atoms with E-state index in [0.29, 0.717) is 53.4 Å². The Morgan fingerprint density at radius 2 is 1.63 bits per heavy atom. The predicted molar refractivity (Wildman–Crippen MR) is 214 cm³/mol. The average Bonchev–Trinajstić information content (AvgIpc) is 3.24. The molecule has 2 N–H and O–H groups in total. The van der Waals surface area contributed by atoms with Gasteiger partial charge in [0.1, 0.15) is 29.3 Å². The molecule has 0 bridgehead atoms. The number of amides is 1. The SMILES string of the molecule is CC(C)OC(=O)[C@H](Cc1ccc(-n2c(=O)c3ccncc3n(C)c2=O)nc1)NC(=O)c1cc(F)c(NS(=O)(=O)c2ccc(-c3cnc(C4CCOCC4)nc3)cc2)cc1F. The fourth-order valence-corrected chi connectivity index (χ4v) is 7.69. The minimum atomic E-state index is -4.43. The van der Waals surface area contributed by atoms with Gasteiger partial charge in [-0.15, -0.1) is 0 Å². The van der Waals surface area contributed by atoms with E-state index >= 15 is 8.78 Å². The summed E-state index contributed by atoms with van der Waals surface area (Å²) in [5.41, 5.74) is -0.911. The van der Waals surface area contributed by atoms with E-state index in [1.165, 1.54) is 72.7 Å². The Morgan fingerprint density at radius 1 is 0.917 bits per heavy atom. The molecule has 19 heteroatoms. The standard InChI is InChI=1S/C41H38F2N8O8S/c1-23(2)59-40(54)34(16-24-4-9-36(45-19-24)51-39(53)29-10-13-44-22-35(29)50(3)41(51)55)48-38(52)30-17-32(43)33(18-31(30)42)49-60(56,57)28-7-5-25(6-8-28)27-20-46-37(47-21-27)26-11-14-58-15-12-26/h4-10,13,17-23,26,34,49H,11-12,14-16H2,1-3H3,(H,48,52)/t34-/m0/s1. The molecule has 6 aromatic rings. The van der Waals surface area contributed by atoms with Crippen molar-refractivity contribution in [2.24, 2.45) is 7.05 Å². The molecule has 1 fully saturated rings. The largest absolute Gasteiger partial charge is 0.461 e. The minimum absolute atomic E-state index is 0.0133. The fraction of sp³-hybridized carbons (Fsp3) is 0.268. The first kappa shape index (κ1) is 41.4. The van der Waals surface area contributed by atoms with Gasteiger partial charge in [0.25, 0.3) is 21.5 Å². The van der Waals surface area contributed by atoms with Crippen LogP contribution in [0.15, 0.2) is 100 Å². The van der Waals surface area contributed by atoms with Gasteiger partial charge in [-0.05, 0) is 68.1 Å². The van der Waals surface area contributed by atoms with Crippen LogP contribution in [0.3, 0.4) is 0 Å². The van der Waals surface area contributed by atoms with E-state index in [1.54, 1.807) is 26.2 Å². The zero-order chi connectivity index (χ0) is 42.7. The molecule has 1 aliphatic rings. The highest BCUT2D eigenvalue weighted by atomic mass is 32.2. The van der Waals surface area contributed by atoms with Crippen molar-refractivity contribution < 1.29 is 36.3 Å². The van der Waals surface area contributed by atoms with Crippen molar-refractivity contribution in [3.05, 3.63) is 135 Å². The van der Waals surface area contributed by atoms with Crippen molar-refractivity contribution in [2.45, 2.75) is 56.1 Å². The van der Waals surface area contributed by atoms with Crippen LogP contribution in [-0.4, -0.2) is 74.7 Å². The zero-order valence-corrected chi connectivity index (χ0v) is 33.3. The summed E-state index contributed by atoms with van der Waals surface area (Å²) < 4.78 is 72.2. The smallest absolute Gasteiger partial charge is 0.337 e. The zero-order valence-electron chi connectivity index (χ0n) is 32.5. The van der Waals surface area contributed by atoms with Crippen molar-refractivity contribution in [3.8, 4) is 16.9 Å². The molecule has 0 radical (unpaired) electrons. The third-order valence-electron chi connectivity index (χ3n) is 9.79. The Morgan fingerprint density at radius 3 is 2.30 bits per heavy atom. The van der Waals surface area contributed by atoms with Gasteiger partial charge in [0.15, 0.2) is 0 Å². The van der Waals surface area contributed by atoms with Crippen molar-refractivity contribution in [1.29, 1.82) is 0 Å². The van der Waals surface area contributed by atoms with E-state index in [-0.39, 0.29) is 28.4 Å². The maximum atomic E-state index is 15.5. The molecule has 16 nitrogen and oxygen atoms in total. The molecule has 0 saturated carbocycles. The van der Waals surface area contributed by atoms with Gasteiger partial charge in [0.05, 0.1) is 39.4 Å². The van der Waals surface area contributed by atoms with Gasteiger partial charge in [0.2, 0.25) is 0 Å². The summed E-state index contributed by atoms with van der Waals surface area (Å²) in [7, 11) is -2.95. The highest BCUT2D eigenvalue weighted by molar-refractivity contribution is 7.92. The number of nitrogens with zero attached hydrogens (tertiary/aromatic N) is 6. The first-order valence-corrected chi connectivity index (χ1v) is 20.2. The molecule has 7 rings (SSSR count). The number of anilines is 1. The van der Waals surface area contributed by atoms with Crippen LogP contribution < -0.4 is 21.3 Å². The van der Waals surface area contributed by atoms with Crippen LogP contribution >= 0.6 is 0 Å². The summed E-state index contributed by atoms with van der Waals surface area (Å²) in [5.74, 6) is -3.75. The van der Waals surface area contributed by atoms with E-state index in [1.807, 2.05) is 4.72 Å². The number of pyridine rings is 2. The number of benzene rings is 2. The Kier molecular flexibility index (Phi) is 11.9. The third kappa shape index (κ3) is 8.81. The van der Waals surface area contributed by atoms with Crippen LogP contribution in [0.1, 0.15) is 54.4 Å². The number of aryl methyl sites for hydroxylation is 1. The summed E-state index contributed by atoms with van der Waals surface area (Å²) >= 11 is 0. The molecule has 5 heterocycles. The summed E-state index contributed by atoms with van der Waals surface area (Å²) in [5, 5.41) is 2.60. The monoisotopic (exact) mass is 840 g/mol. The van der Waals surface area contributed by atoms with Gasteiger partial charge in [0, 0.05) is 69.0 Å². The molecule has 1 saturated heterocycles. The lowest BCUT2D eigenvalue weighted by atomic mass is 9.99. The Bertz CT molecular complexity index is 2810. The maximum absolute atomic E-state index is 15.5. The third-order valence-corrected chi connectivity index (χ3v) is 11.2. The van der Waals surface area contributed by atoms with Gasteiger partial charge in [-0.25, -0.2) is 46.3 Å². The minimum Gasteiger partial charge on any atom is -0.461 e. The number of sulfonamides is 1. The molecule has 2 aromatic carbocycles. The summed E-state index contributed by atoms with van der Waals surface area (Å²) in [6, 6.07) is 9.57. The number of carbonyl (C=O) groups is 2. The van der Waals surface area contributed by atoms with Crippen molar-refractivity contribution in [2.75, 3.05) is 17.9 Å². The molecule has 1 atom stereocenters. The molecular formula is C41H38F2N8O8S. The number of esters is 1. The molecule has 0 spiro atoms. The molecule has 0 aliphatic carbocycles.